The number of halogens is 3. The molecule has 0 fully saturated rings. The Morgan fingerprint density at radius 2 is 2.12 bits per heavy atom. The fourth-order valence-corrected chi connectivity index (χ4v) is 3.02. The number of nitrogens with one attached hydrogen (secondary N) is 1. The molecular formula is C15H12F3N3O3S. The molecule has 1 unspecified atom stereocenters. The highest BCUT2D eigenvalue weighted by Gasteiger charge is 2.39. The molecule has 0 aliphatic carbocycles. The molecule has 0 saturated carbocycles. The van der Waals surface area contributed by atoms with E-state index < -0.39 is 18.2 Å². The second-order valence-electron chi connectivity index (χ2n) is 5.33. The lowest BCUT2D eigenvalue weighted by atomic mass is 10.1. The number of nitrogens with zero attached hydrogens (tertiary/aromatic N) is 2. The number of hydrogen-bond acceptors (Lipinski definition) is 5. The highest BCUT2D eigenvalue weighted by Crippen LogP contribution is 2.37. The van der Waals surface area contributed by atoms with Crippen molar-refractivity contribution in [3.63, 3.8) is 0 Å². The van der Waals surface area contributed by atoms with Gasteiger partial charge < -0.3 is 9.64 Å². The van der Waals surface area contributed by atoms with Crippen molar-refractivity contribution in [2.75, 3.05) is 17.3 Å². The molecular weight excluding hydrogens is 359 g/mol. The highest BCUT2D eigenvalue weighted by molar-refractivity contribution is 7.14. The number of alkyl halides is 3. The number of carbonyl (C=O) groups is 2. The Labute approximate surface area is 144 Å². The number of amides is 2. The van der Waals surface area contributed by atoms with Crippen molar-refractivity contribution >= 4 is 34.0 Å². The molecule has 1 aliphatic heterocycles. The van der Waals surface area contributed by atoms with Crippen LogP contribution in [0.3, 0.4) is 0 Å². The predicted molar refractivity (Wildman–Crippen MR) is 85.7 cm³/mol. The van der Waals surface area contributed by atoms with E-state index >= 15 is 0 Å². The third-order valence-corrected chi connectivity index (χ3v) is 4.34. The first-order valence-corrected chi connectivity index (χ1v) is 7.97. The summed E-state index contributed by atoms with van der Waals surface area (Å²) in [4.78, 5) is 28.4. The fraction of sp³-hybridized carbons (Fsp3) is 0.267. The van der Waals surface area contributed by atoms with Gasteiger partial charge in [-0.1, -0.05) is 0 Å². The molecule has 6 nitrogen and oxygen atoms in total. The summed E-state index contributed by atoms with van der Waals surface area (Å²) in [5, 5.41) is 3.06. The zero-order valence-corrected chi connectivity index (χ0v) is 13.9. The standard InChI is InChI=1S/C15H12F3N3O3S/c1-7-12(22)21(2)10-5-8(3-4-11(10)24-7)9-6-25-14(19-9)20-13(23)15(16,17)18/h3-7H,1-2H3,(H,19,20,23). The molecule has 3 rings (SSSR count). The van der Waals surface area contributed by atoms with Gasteiger partial charge in [-0.05, 0) is 25.1 Å². The summed E-state index contributed by atoms with van der Waals surface area (Å²) in [6.07, 6.45) is -5.57. The maximum atomic E-state index is 12.3. The van der Waals surface area contributed by atoms with Crippen LogP contribution in [0.1, 0.15) is 6.92 Å². The largest absolute Gasteiger partial charge is 0.479 e. The Morgan fingerprint density at radius 3 is 2.80 bits per heavy atom. The van der Waals surface area contributed by atoms with E-state index in [-0.39, 0.29) is 11.0 Å². The van der Waals surface area contributed by atoms with Gasteiger partial charge >= 0.3 is 12.1 Å². The average molecular weight is 371 g/mol. The summed E-state index contributed by atoms with van der Waals surface area (Å²) in [6.45, 7) is 1.64. The topological polar surface area (TPSA) is 71.5 Å². The number of fused-ring (bicyclic) bond motifs is 1. The van der Waals surface area contributed by atoms with Gasteiger partial charge in [-0.2, -0.15) is 13.2 Å². The number of thiazole rings is 1. The maximum absolute atomic E-state index is 12.3. The van der Waals surface area contributed by atoms with E-state index in [1.165, 1.54) is 10.3 Å². The average Bonchev–Trinajstić information content (AvgIpc) is 3.00. The van der Waals surface area contributed by atoms with Gasteiger partial charge in [0, 0.05) is 18.0 Å². The van der Waals surface area contributed by atoms with Crippen molar-refractivity contribution in [1.29, 1.82) is 0 Å². The summed E-state index contributed by atoms with van der Waals surface area (Å²) < 4.78 is 42.3. The molecule has 1 aromatic heterocycles. The van der Waals surface area contributed by atoms with E-state index in [0.29, 0.717) is 22.7 Å². The van der Waals surface area contributed by atoms with Crippen molar-refractivity contribution in [3.8, 4) is 17.0 Å². The van der Waals surface area contributed by atoms with Crippen molar-refractivity contribution in [2.45, 2.75) is 19.2 Å². The lowest BCUT2D eigenvalue weighted by Crippen LogP contribution is -2.41. The van der Waals surface area contributed by atoms with Gasteiger partial charge in [-0.15, -0.1) is 11.3 Å². The number of hydrogen-bond donors (Lipinski definition) is 1. The third kappa shape index (κ3) is 3.29. The van der Waals surface area contributed by atoms with Gasteiger partial charge in [0.25, 0.3) is 5.91 Å². The highest BCUT2D eigenvalue weighted by atomic mass is 32.1. The van der Waals surface area contributed by atoms with Crippen LogP contribution in [0.2, 0.25) is 0 Å². The van der Waals surface area contributed by atoms with Crippen LogP contribution in [0.15, 0.2) is 23.6 Å². The molecule has 2 heterocycles. The minimum absolute atomic E-state index is 0.163. The molecule has 1 aromatic carbocycles. The Kier molecular flexibility index (Phi) is 4.15. The van der Waals surface area contributed by atoms with Crippen LogP contribution >= 0.6 is 11.3 Å². The molecule has 132 valence electrons. The van der Waals surface area contributed by atoms with Gasteiger partial charge in [-0.25, -0.2) is 4.98 Å². The number of ether oxygens (including phenoxy) is 1. The van der Waals surface area contributed by atoms with Crippen molar-refractivity contribution < 1.29 is 27.5 Å². The summed E-state index contributed by atoms with van der Waals surface area (Å²) in [5.74, 6) is -1.76. The zero-order valence-electron chi connectivity index (χ0n) is 13.0. The third-order valence-electron chi connectivity index (χ3n) is 3.58. The Balaban J connectivity index is 1.87. The SMILES string of the molecule is CC1Oc2ccc(-c3csc(NC(=O)C(F)(F)F)n3)cc2N(C)C1=O. The summed E-state index contributed by atoms with van der Waals surface area (Å²) in [7, 11) is 1.61. The maximum Gasteiger partial charge on any atom is 0.471 e. The number of likely N-dealkylation sites (N-methyl/N-ethyl adjacent to an activating group) is 1. The second-order valence-corrected chi connectivity index (χ2v) is 6.19. The number of rotatable bonds is 2. The summed E-state index contributed by atoms with van der Waals surface area (Å²) in [5.41, 5.74) is 1.50. The fourth-order valence-electron chi connectivity index (χ4n) is 2.30. The van der Waals surface area contributed by atoms with Crippen LogP contribution in [-0.4, -0.2) is 36.1 Å². The number of benzene rings is 1. The van der Waals surface area contributed by atoms with Crippen molar-refractivity contribution in [2.24, 2.45) is 0 Å². The molecule has 1 atom stereocenters. The number of aromatic nitrogens is 1. The van der Waals surface area contributed by atoms with Crippen LogP contribution in [-0.2, 0) is 9.59 Å². The molecule has 0 saturated heterocycles. The molecule has 0 spiro atoms. The molecule has 2 amide bonds. The van der Waals surface area contributed by atoms with Crippen molar-refractivity contribution in [1.82, 2.24) is 4.98 Å². The molecule has 2 aromatic rings. The molecule has 1 N–H and O–H groups in total. The number of carbonyl (C=O) groups excluding carboxylic acids is 2. The molecule has 25 heavy (non-hydrogen) atoms. The summed E-state index contributed by atoms with van der Waals surface area (Å²) in [6, 6.07) is 5.00. The summed E-state index contributed by atoms with van der Waals surface area (Å²) >= 11 is 0.873. The van der Waals surface area contributed by atoms with Gasteiger partial charge in [0.2, 0.25) is 0 Å². The predicted octanol–water partition coefficient (Wildman–Crippen LogP) is 3.05. The first kappa shape index (κ1) is 17.2. The van der Waals surface area contributed by atoms with E-state index in [2.05, 4.69) is 4.98 Å². The van der Waals surface area contributed by atoms with E-state index in [9.17, 15) is 22.8 Å². The molecule has 10 heteroatoms. The van der Waals surface area contributed by atoms with Crippen molar-refractivity contribution in [3.05, 3.63) is 23.6 Å². The van der Waals surface area contributed by atoms with Gasteiger partial charge in [-0.3, -0.25) is 14.9 Å². The molecule has 0 radical (unpaired) electrons. The number of anilines is 2. The molecule has 0 bridgehead atoms. The minimum Gasteiger partial charge on any atom is -0.479 e. The molecule has 1 aliphatic rings. The van der Waals surface area contributed by atoms with Gasteiger partial charge in [0.15, 0.2) is 11.2 Å². The van der Waals surface area contributed by atoms with Crippen LogP contribution in [0.4, 0.5) is 24.0 Å². The lowest BCUT2D eigenvalue weighted by molar-refractivity contribution is -0.167. The van der Waals surface area contributed by atoms with Gasteiger partial charge in [0.1, 0.15) is 5.75 Å². The zero-order chi connectivity index (χ0) is 18.4. The van der Waals surface area contributed by atoms with E-state index in [1.54, 1.807) is 37.5 Å². The first-order chi connectivity index (χ1) is 11.7. The first-order valence-electron chi connectivity index (χ1n) is 7.09. The quantitative estimate of drug-likeness (QED) is 0.881. The smallest absolute Gasteiger partial charge is 0.471 e. The van der Waals surface area contributed by atoms with Gasteiger partial charge in [0.05, 0.1) is 11.4 Å². The lowest BCUT2D eigenvalue weighted by Gasteiger charge is -2.30. The Hall–Kier alpha value is -2.62. The van der Waals surface area contributed by atoms with Crippen LogP contribution < -0.4 is 15.0 Å². The van der Waals surface area contributed by atoms with Crippen LogP contribution in [0.25, 0.3) is 11.3 Å². The van der Waals surface area contributed by atoms with E-state index in [4.69, 9.17) is 4.74 Å². The normalized spacial score (nSPS) is 17.1. The second kappa shape index (κ2) is 6.03. The Morgan fingerprint density at radius 1 is 1.40 bits per heavy atom. The Bertz CT molecular complexity index is 850. The van der Waals surface area contributed by atoms with E-state index in [1.807, 2.05) is 0 Å². The minimum atomic E-state index is -4.98. The monoisotopic (exact) mass is 371 g/mol. The van der Waals surface area contributed by atoms with Crippen LogP contribution in [0.5, 0.6) is 5.75 Å². The van der Waals surface area contributed by atoms with Crippen LogP contribution in [0, 0.1) is 0 Å². The van der Waals surface area contributed by atoms with E-state index in [0.717, 1.165) is 11.3 Å².